The summed E-state index contributed by atoms with van der Waals surface area (Å²) in [6.07, 6.45) is 5.22. The van der Waals surface area contributed by atoms with Crippen molar-refractivity contribution in [3.8, 4) is 11.3 Å². The van der Waals surface area contributed by atoms with Crippen LogP contribution in [0.4, 0.5) is 0 Å². The van der Waals surface area contributed by atoms with Crippen LogP contribution in [-0.2, 0) is 6.42 Å². The molecule has 2 N–H and O–H groups in total. The van der Waals surface area contributed by atoms with Crippen LogP contribution in [0.1, 0.15) is 12.1 Å². The van der Waals surface area contributed by atoms with E-state index in [1.54, 1.807) is 17.0 Å². The Morgan fingerprint density at radius 1 is 1.21 bits per heavy atom. The second-order valence-electron chi connectivity index (χ2n) is 4.28. The van der Waals surface area contributed by atoms with Crippen LogP contribution in [0.15, 0.2) is 36.8 Å². The first kappa shape index (κ1) is 11.7. The number of aromatic nitrogens is 5. The lowest BCUT2D eigenvalue weighted by Crippen LogP contribution is -2.01. The monoisotopic (exact) mass is 254 g/mol. The summed E-state index contributed by atoms with van der Waals surface area (Å²) in [5, 5.41) is 12.2. The average Bonchev–Trinajstić information content (AvgIpc) is 2.92. The van der Waals surface area contributed by atoms with Crippen molar-refractivity contribution >= 4 is 5.65 Å². The van der Waals surface area contributed by atoms with Gasteiger partial charge in [-0.05, 0) is 43.7 Å². The highest BCUT2D eigenvalue weighted by Gasteiger charge is 2.04. The number of pyridine rings is 1. The molecule has 0 aliphatic rings. The Morgan fingerprint density at radius 2 is 2.16 bits per heavy atom. The van der Waals surface area contributed by atoms with Crippen molar-refractivity contribution < 1.29 is 0 Å². The summed E-state index contributed by atoms with van der Waals surface area (Å²) in [4.78, 5) is 4.34. The molecule has 0 radical (unpaired) electrons. The van der Waals surface area contributed by atoms with Gasteiger partial charge < -0.3 is 5.73 Å². The Morgan fingerprint density at radius 3 is 3.05 bits per heavy atom. The summed E-state index contributed by atoms with van der Waals surface area (Å²) in [5.41, 5.74) is 9.21. The lowest BCUT2D eigenvalue weighted by atomic mass is 10.1. The number of rotatable bonds is 4. The minimum Gasteiger partial charge on any atom is -0.330 e. The first-order valence-corrected chi connectivity index (χ1v) is 6.19. The zero-order valence-electron chi connectivity index (χ0n) is 10.4. The minimum absolute atomic E-state index is 0.677. The normalized spacial score (nSPS) is 11.0. The summed E-state index contributed by atoms with van der Waals surface area (Å²) in [6.45, 7) is 0.677. The molecule has 0 aliphatic carbocycles. The van der Waals surface area contributed by atoms with Gasteiger partial charge in [0.05, 0.1) is 5.69 Å². The highest BCUT2D eigenvalue weighted by atomic mass is 15.3. The van der Waals surface area contributed by atoms with E-state index in [1.807, 2.05) is 24.3 Å². The van der Waals surface area contributed by atoms with Crippen molar-refractivity contribution in [1.82, 2.24) is 24.8 Å². The third kappa shape index (κ3) is 2.43. The van der Waals surface area contributed by atoms with E-state index in [9.17, 15) is 0 Å². The highest BCUT2D eigenvalue weighted by Crippen LogP contribution is 2.17. The molecule has 3 aromatic rings. The fourth-order valence-electron chi connectivity index (χ4n) is 1.94. The van der Waals surface area contributed by atoms with Crippen LogP contribution in [0, 0.1) is 0 Å². The lowest BCUT2D eigenvalue weighted by Gasteiger charge is -2.04. The van der Waals surface area contributed by atoms with Crippen LogP contribution in [0.25, 0.3) is 16.9 Å². The highest BCUT2D eigenvalue weighted by molar-refractivity contribution is 5.60. The maximum Gasteiger partial charge on any atom is 0.177 e. The van der Waals surface area contributed by atoms with Gasteiger partial charge in [0.15, 0.2) is 5.65 Å². The third-order valence-corrected chi connectivity index (χ3v) is 2.91. The van der Waals surface area contributed by atoms with Gasteiger partial charge in [0, 0.05) is 17.5 Å². The van der Waals surface area contributed by atoms with Gasteiger partial charge in [-0.2, -0.15) is 9.61 Å². The van der Waals surface area contributed by atoms with Crippen LogP contribution >= 0.6 is 0 Å². The van der Waals surface area contributed by atoms with Gasteiger partial charge in [-0.25, -0.2) is 0 Å². The van der Waals surface area contributed by atoms with E-state index >= 15 is 0 Å². The van der Waals surface area contributed by atoms with E-state index in [1.165, 1.54) is 0 Å². The van der Waals surface area contributed by atoms with Crippen molar-refractivity contribution in [2.24, 2.45) is 5.73 Å². The Kier molecular flexibility index (Phi) is 3.16. The number of nitrogens with zero attached hydrogens (tertiary/aromatic N) is 5. The van der Waals surface area contributed by atoms with Gasteiger partial charge in [-0.1, -0.05) is 0 Å². The van der Waals surface area contributed by atoms with Crippen LogP contribution in [0.5, 0.6) is 0 Å². The first-order chi connectivity index (χ1) is 9.36. The zero-order valence-corrected chi connectivity index (χ0v) is 10.4. The number of fused-ring (bicyclic) bond motifs is 1. The lowest BCUT2D eigenvalue weighted by molar-refractivity contribution is 0.810. The van der Waals surface area contributed by atoms with E-state index in [0.717, 1.165) is 35.4 Å². The van der Waals surface area contributed by atoms with Crippen molar-refractivity contribution in [2.45, 2.75) is 12.8 Å². The summed E-state index contributed by atoms with van der Waals surface area (Å²) >= 11 is 0. The van der Waals surface area contributed by atoms with Gasteiger partial charge in [0.1, 0.15) is 6.33 Å². The Bertz CT molecular complexity index is 690. The number of aryl methyl sites for hydroxylation is 1. The molecule has 0 spiro atoms. The van der Waals surface area contributed by atoms with Crippen LogP contribution in [0.3, 0.4) is 0 Å². The van der Waals surface area contributed by atoms with E-state index in [4.69, 9.17) is 5.73 Å². The smallest absolute Gasteiger partial charge is 0.177 e. The standard InChI is InChI=1S/C13H14N6/c14-6-1-2-11-8-10(5-7-15-11)12-3-4-13-17-16-9-19(13)18-12/h3-5,7-9H,1-2,6,14H2. The fourth-order valence-corrected chi connectivity index (χ4v) is 1.94. The molecule has 0 unspecified atom stereocenters. The van der Waals surface area contributed by atoms with E-state index in [2.05, 4.69) is 20.3 Å². The van der Waals surface area contributed by atoms with Crippen LogP contribution in [0.2, 0.25) is 0 Å². The maximum absolute atomic E-state index is 5.52. The molecule has 0 saturated heterocycles. The number of nitrogens with two attached hydrogens (primary N) is 1. The molecule has 3 rings (SSSR count). The van der Waals surface area contributed by atoms with Gasteiger partial charge in [-0.15, -0.1) is 10.2 Å². The molecule has 19 heavy (non-hydrogen) atoms. The molecule has 0 aromatic carbocycles. The van der Waals surface area contributed by atoms with Gasteiger partial charge in [0.25, 0.3) is 0 Å². The number of hydrogen-bond donors (Lipinski definition) is 1. The predicted molar refractivity (Wildman–Crippen MR) is 71.4 cm³/mol. The Hall–Kier alpha value is -2.34. The van der Waals surface area contributed by atoms with Gasteiger partial charge in [-0.3, -0.25) is 4.98 Å². The summed E-state index contributed by atoms with van der Waals surface area (Å²) < 4.78 is 1.66. The summed E-state index contributed by atoms with van der Waals surface area (Å²) in [7, 11) is 0. The SMILES string of the molecule is NCCCc1cc(-c2ccc3nncn3n2)ccn1. The molecule has 0 atom stereocenters. The number of hydrogen-bond acceptors (Lipinski definition) is 5. The molecule has 3 aromatic heterocycles. The Labute approximate surface area is 110 Å². The predicted octanol–water partition coefficient (Wildman–Crippen LogP) is 1.08. The van der Waals surface area contributed by atoms with Gasteiger partial charge in [0.2, 0.25) is 0 Å². The first-order valence-electron chi connectivity index (χ1n) is 6.19. The fraction of sp³-hybridized carbons (Fsp3) is 0.231. The molecule has 0 amide bonds. The van der Waals surface area contributed by atoms with E-state index in [0.29, 0.717) is 6.54 Å². The Balaban J connectivity index is 1.95. The summed E-state index contributed by atoms with van der Waals surface area (Å²) in [6, 6.07) is 7.83. The van der Waals surface area contributed by atoms with Gasteiger partial charge >= 0.3 is 0 Å². The molecule has 0 saturated carbocycles. The van der Waals surface area contributed by atoms with Crippen LogP contribution in [-0.4, -0.2) is 31.3 Å². The molecule has 0 aliphatic heterocycles. The van der Waals surface area contributed by atoms with E-state index in [-0.39, 0.29) is 0 Å². The quantitative estimate of drug-likeness (QED) is 0.753. The molecular formula is C13H14N6. The molecule has 96 valence electrons. The maximum atomic E-state index is 5.52. The second kappa shape index (κ2) is 5.11. The molecular weight excluding hydrogens is 240 g/mol. The molecule has 6 heteroatoms. The van der Waals surface area contributed by atoms with Crippen molar-refractivity contribution in [1.29, 1.82) is 0 Å². The topological polar surface area (TPSA) is 82.0 Å². The minimum atomic E-state index is 0.677. The van der Waals surface area contributed by atoms with Crippen molar-refractivity contribution in [2.75, 3.05) is 6.54 Å². The van der Waals surface area contributed by atoms with Crippen LogP contribution < -0.4 is 5.73 Å². The molecule has 0 fully saturated rings. The molecule has 0 bridgehead atoms. The molecule has 3 heterocycles. The van der Waals surface area contributed by atoms with Crippen molar-refractivity contribution in [3.63, 3.8) is 0 Å². The largest absolute Gasteiger partial charge is 0.330 e. The van der Waals surface area contributed by atoms with Crippen molar-refractivity contribution in [3.05, 3.63) is 42.5 Å². The van der Waals surface area contributed by atoms with E-state index < -0.39 is 0 Å². The summed E-state index contributed by atoms with van der Waals surface area (Å²) in [5.74, 6) is 0. The second-order valence-corrected chi connectivity index (χ2v) is 4.28. The molecule has 6 nitrogen and oxygen atoms in total. The average molecular weight is 254 g/mol. The third-order valence-electron chi connectivity index (χ3n) is 2.91. The zero-order chi connectivity index (χ0) is 13.1.